The lowest BCUT2D eigenvalue weighted by Crippen LogP contribution is -2.33. The van der Waals surface area contributed by atoms with Gasteiger partial charge in [-0.2, -0.15) is 0 Å². The number of nitrogen functional groups attached to an aromatic ring is 1. The monoisotopic (exact) mass is 261 g/mol. The molecule has 1 fully saturated rings. The van der Waals surface area contributed by atoms with Gasteiger partial charge >= 0.3 is 0 Å². The summed E-state index contributed by atoms with van der Waals surface area (Å²) in [5.74, 6) is 0.634. The molecule has 0 saturated heterocycles. The van der Waals surface area contributed by atoms with Gasteiger partial charge in [0.1, 0.15) is 0 Å². The molecular formula is C15H23N3O. The van der Waals surface area contributed by atoms with Crippen LogP contribution in [0.25, 0.3) is 0 Å². The highest BCUT2D eigenvalue weighted by Gasteiger charge is 2.37. The van der Waals surface area contributed by atoms with Crippen LogP contribution in [-0.2, 0) is 0 Å². The van der Waals surface area contributed by atoms with Gasteiger partial charge in [0, 0.05) is 17.6 Å². The Balaban J connectivity index is 2.19. The van der Waals surface area contributed by atoms with Crippen molar-refractivity contribution in [3.05, 3.63) is 23.8 Å². The summed E-state index contributed by atoms with van der Waals surface area (Å²) in [5, 5.41) is 6.28. The highest BCUT2D eigenvalue weighted by atomic mass is 16.1. The third-order valence-corrected chi connectivity index (χ3v) is 3.71. The fourth-order valence-corrected chi connectivity index (χ4v) is 2.32. The molecule has 1 aromatic rings. The summed E-state index contributed by atoms with van der Waals surface area (Å²) in [5.41, 5.74) is 8.19. The molecular weight excluding hydrogens is 238 g/mol. The number of nitrogens with two attached hydrogens (primary N) is 1. The quantitative estimate of drug-likeness (QED) is 0.714. The summed E-state index contributed by atoms with van der Waals surface area (Å²) < 4.78 is 0. The van der Waals surface area contributed by atoms with Crippen LogP contribution in [0, 0.1) is 5.92 Å². The van der Waals surface area contributed by atoms with Crippen molar-refractivity contribution in [3.63, 3.8) is 0 Å². The second-order valence-corrected chi connectivity index (χ2v) is 5.78. The number of rotatable bonds is 5. The van der Waals surface area contributed by atoms with Gasteiger partial charge in [0.15, 0.2) is 0 Å². The first-order valence-electron chi connectivity index (χ1n) is 6.90. The molecule has 0 aliphatic heterocycles. The Bertz CT molecular complexity index is 478. The van der Waals surface area contributed by atoms with E-state index in [2.05, 4.69) is 24.5 Å². The number of hydrogen-bond acceptors (Lipinski definition) is 3. The average Bonchev–Trinajstić information content (AvgIpc) is 3.16. The second kappa shape index (κ2) is 5.11. The molecule has 1 aromatic carbocycles. The molecule has 1 amide bonds. The first kappa shape index (κ1) is 13.7. The maximum atomic E-state index is 11.8. The van der Waals surface area contributed by atoms with Crippen molar-refractivity contribution in [2.24, 2.45) is 5.92 Å². The van der Waals surface area contributed by atoms with Crippen LogP contribution in [0.5, 0.6) is 0 Å². The van der Waals surface area contributed by atoms with Crippen molar-refractivity contribution in [2.45, 2.75) is 39.2 Å². The number of nitrogens with one attached hydrogen (secondary N) is 2. The molecule has 19 heavy (non-hydrogen) atoms. The molecule has 1 saturated carbocycles. The van der Waals surface area contributed by atoms with Gasteiger partial charge in [0.25, 0.3) is 5.91 Å². The number of anilines is 2. The van der Waals surface area contributed by atoms with Crippen LogP contribution < -0.4 is 16.4 Å². The van der Waals surface area contributed by atoms with Crippen LogP contribution in [0.3, 0.4) is 0 Å². The second-order valence-electron chi connectivity index (χ2n) is 5.78. The summed E-state index contributed by atoms with van der Waals surface area (Å²) in [4.78, 5) is 11.8. The normalized spacial score (nSPS) is 15.1. The molecule has 0 atom stereocenters. The van der Waals surface area contributed by atoms with Crippen molar-refractivity contribution in [1.82, 2.24) is 5.32 Å². The van der Waals surface area contributed by atoms with Gasteiger partial charge in [-0.3, -0.25) is 4.79 Å². The van der Waals surface area contributed by atoms with Gasteiger partial charge < -0.3 is 16.4 Å². The molecule has 0 heterocycles. The highest BCUT2D eigenvalue weighted by molar-refractivity contribution is 5.96. The van der Waals surface area contributed by atoms with E-state index in [1.54, 1.807) is 12.1 Å². The zero-order chi connectivity index (χ0) is 14.0. The standard InChI is InChI=1S/C15H23N3O/c1-4-17-14(19)10-5-8-12(16)13(9-10)18-15(2,3)11-6-7-11/h5,8-9,11,18H,4,6-7,16H2,1-3H3,(H,17,19). The van der Waals surface area contributed by atoms with Crippen molar-refractivity contribution >= 4 is 17.3 Å². The Labute approximate surface area is 114 Å². The number of amides is 1. The topological polar surface area (TPSA) is 67.2 Å². The van der Waals surface area contributed by atoms with Crippen LogP contribution in [-0.4, -0.2) is 18.0 Å². The molecule has 4 heteroatoms. The molecule has 104 valence electrons. The minimum atomic E-state index is -0.0604. The van der Waals surface area contributed by atoms with Gasteiger partial charge in [0.05, 0.1) is 11.4 Å². The van der Waals surface area contributed by atoms with E-state index < -0.39 is 0 Å². The number of benzene rings is 1. The fourth-order valence-electron chi connectivity index (χ4n) is 2.32. The van der Waals surface area contributed by atoms with Crippen LogP contribution >= 0.6 is 0 Å². The molecule has 0 spiro atoms. The van der Waals surface area contributed by atoms with E-state index in [1.807, 2.05) is 13.0 Å². The summed E-state index contributed by atoms with van der Waals surface area (Å²) in [7, 11) is 0. The van der Waals surface area contributed by atoms with Gasteiger partial charge in [-0.15, -0.1) is 0 Å². The molecule has 0 bridgehead atoms. The zero-order valence-electron chi connectivity index (χ0n) is 11.9. The lowest BCUT2D eigenvalue weighted by atomic mass is 9.97. The minimum Gasteiger partial charge on any atom is -0.397 e. The Morgan fingerprint density at radius 1 is 1.42 bits per heavy atom. The molecule has 2 rings (SSSR count). The molecule has 4 N–H and O–H groups in total. The van der Waals surface area contributed by atoms with E-state index in [9.17, 15) is 4.79 Å². The summed E-state index contributed by atoms with van der Waals surface area (Å²) in [6.07, 6.45) is 2.52. The van der Waals surface area contributed by atoms with Crippen LogP contribution in [0.2, 0.25) is 0 Å². The van der Waals surface area contributed by atoms with Gasteiger partial charge in [0.2, 0.25) is 0 Å². The van der Waals surface area contributed by atoms with E-state index in [1.165, 1.54) is 12.8 Å². The van der Waals surface area contributed by atoms with Crippen molar-refractivity contribution in [1.29, 1.82) is 0 Å². The third kappa shape index (κ3) is 3.19. The molecule has 4 nitrogen and oxygen atoms in total. The van der Waals surface area contributed by atoms with Crippen LogP contribution in [0.4, 0.5) is 11.4 Å². The third-order valence-electron chi connectivity index (χ3n) is 3.71. The lowest BCUT2D eigenvalue weighted by Gasteiger charge is -2.28. The maximum absolute atomic E-state index is 11.8. The van der Waals surface area contributed by atoms with Gasteiger partial charge in [-0.1, -0.05) is 0 Å². The Hall–Kier alpha value is -1.71. The SMILES string of the molecule is CCNC(=O)c1ccc(N)c(NC(C)(C)C2CC2)c1. The smallest absolute Gasteiger partial charge is 0.251 e. The van der Waals surface area contributed by atoms with Gasteiger partial charge in [-0.05, 0) is 57.7 Å². The fraction of sp³-hybridized carbons (Fsp3) is 0.533. The first-order valence-corrected chi connectivity index (χ1v) is 6.90. The first-order chi connectivity index (χ1) is 8.94. The van der Waals surface area contributed by atoms with Crippen molar-refractivity contribution in [3.8, 4) is 0 Å². The van der Waals surface area contributed by atoms with E-state index >= 15 is 0 Å². The molecule has 1 aliphatic carbocycles. The zero-order valence-corrected chi connectivity index (χ0v) is 11.9. The predicted molar refractivity (Wildman–Crippen MR) is 79.3 cm³/mol. The van der Waals surface area contributed by atoms with E-state index in [0.29, 0.717) is 23.7 Å². The molecule has 0 unspecified atom stereocenters. The van der Waals surface area contributed by atoms with E-state index in [-0.39, 0.29) is 11.4 Å². The van der Waals surface area contributed by atoms with E-state index in [4.69, 9.17) is 5.73 Å². The molecule has 0 radical (unpaired) electrons. The Kier molecular flexibility index (Phi) is 3.69. The number of carbonyl (C=O) groups excluding carboxylic acids is 1. The van der Waals surface area contributed by atoms with Crippen LogP contribution in [0.1, 0.15) is 44.0 Å². The largest absolute Gasteiger partial charge is 0.397 e. The Morgan fingerprint density at radius 2 is 2.11 bits per heavy atom. The van der Waals surface area contributed by atoms with E-state index in [0.717, 1.165) is 5.69 Å². The lowest BCUT2D eigenvalue weighted by molar-refractivity contribution is 0.0956. The molecule has 1 aliphatic rings. The minimum absolute atomic E-state index is 0.0218. The average molecular weight is 261 g/mol. The van der Waals surface area contributed by atoms with Gasteiger partial charge in [-0.25, -0.2) is 0 Å². The highest BCUT2D eigenvalue weighted by Crippen LogP contribution is 2.41. The van der Waals surface area contributed by atoms with Crippen LogP contribution in [0.15, 0.2) is 18.2 Å². The van der Waals surface area contributed by atoms with Crippen molar-refractivity contribution < 1.29 is 4.79 Å². The summed E-state index contributed by atoms with van der Waals surface area (Å²) >= 11 is 0. The molecule has 0 aromatic heterocycles. The summed E-state index contributed by atoms with van der Waals surface area (Å²) in [6, 6.07) is 5.38. The number of carbonyl (C=O) groups is 1. The maximum Gasteiger partial charge on any atom is 0.251 e. The van der Waals surface area contributed by atoms with Crippen molar-refractivity contribution in [2.75, 3.05) is 17.6 Å². The Morgan fingerprint density at radius 3 is 2.68 bits per heavy atom. The summed E-state index contributed by atoms with van der Waals surface area (Å²) in [6.45, 7) is 6.90. The number of hydrogen-bond donors (Lipinski definition) is 3. The predicted octanol–water partition coefficient (Wildman–Crippen LogP) is 2.62.